The Morgan fingerprint density at radius 1 is 1.23 bits per heavy atom. The van der Waals surface area contributed by atoms with Gasteiger partial charge in [0.25, 0.3) is 11.8 Å². The molecule has 1 fully saturated rings. The number of amides is 2. The number of methoxy groups -OCH3 is 1. The monoisotopic (exact) mass is 444 g/mol. The minimum atomic E-state index is -0.577. The lowest BCUT2D eigenvalue weighted by Crippen LogP contribution is -2.54. The van der Waals surface area contributed by atoms with E-state index in [1.54, 1.807) is 36.4 Å². The molecule has 1 aliphatic heterocycles. The molecule has 8 heteroatoms. The van der Waals surface area contributed by atoms with Crippen molar-refractivity contribution < 1.29 is 19.1 Å². The van der Waals surface area contributed by atoms with Crippen molar-refractivity contribution in [1.82, 2.24) is 5.32 Å². The molecule has 0 aliphatic carbocycles. The lowest BCUT2D eigenvalue weighted by atomic mass is 10.1. The summed E-state index contributed by atoms with van der Waals surface area (Å²) in [5.74, 6) is -0.270. The van der Waals surface area contributed by atoms with Gasteiger partial charge in [0, 0.05) is 0 Å². The third-order valence-electron chi connectivity index (χ3n) is 4.57. The second kappa shape index (κ2) is 9.28. The van der Waals surface area contributed by atoms with Gasteiger partial charge in [0.1, 0.15) is 5.57 Å². The van der Waals surface area contributed by atoms with E-state index in [1.165, 1.54) is 18.1 Å². The summed E-state index contributed by atoms with van der Waals surface area (Å²) >= 11 is 11.6. The van der Waals surface area contributed by atoms with Gasteiger partial charge in [0.05, 0.1) is 23.9 Å². The molecule has 0 saturated carbocycles. The Labute approximate surface area is 185 Å². The first-order valence-corrected chi connectivity index (χ1v) is 10.1. The molecule has 1 heterocycles. The van der Waals surface area contributed by atoms with Gasteiger partial charge in [0.2, 0.25) is 0 Å². The van der Waals surface area contributed by atoms with Crippen molar-refractivity contribution in [2.45, 2.75) is 26.4 Å². The smallest absolute Gasteiger partial charge is 0.270 e. The summed E-state index contributed by atoms with van der Waals surface area (Å²) in [7, 11) is 1.50. The zero-order valence-electron chi connectivity index (χ0n) is 16.8. The maximum Gasteiger partial charge on any atom is 0.270 e. The number of anilines is 1. The van der Waals surface area contributed by atoms with E-state index in [0.717, 1.165) is 6.42 Å². The van der Waals surface area contributed by atoms with E-state index in [9.17, 15) is 9.59 Å². The number of nitrogens with one attached hydrogen (secondary N) is 1. The minimum absolute atomic E-state index is 0.0289. The molecule has 30 heavy (non-hydrogen) atoms. The third kappa shape index (κ3) is 4.47. The Balaban J connectivity index is 2.00. The van der Waals surface area contributed by atoms with Gasteiger partial charge in [-0.15, -0.1) is 0 Å². The average Bonchev–Trinajstić information content (AvgIpc) is 2.73. The summed E-state index contributed by atoms with van der Waals surface area (Å²) in [5, 5.41) is 2.91. The Hall–Kier alpha value is -2.90. The lowest BCUT2D eigenvalue weighted by molar-refractivity contribution is -0.122. The van der Waals surface area contributed by atoms with Gasteiger partial charge in [0.15, 0.2) is 16.6 Å². The zero-order valence-corrected chi connectivity index (χ0v) is 18.3. The number of carbonyl (C=O) groups excluding carboxylic acids is 2. The highest BCUT2D eigenvalue weighted by atomic mass is 35.5. The van der Waals surface area contributed by atoms with E-state index >= 15 is 0 Å². The number of nitrogens with zero attached hydrogens (tertiary/aromatic N) is 1. The van der Waals surface area contributed by atoms with Gasteiger partial charge < -0.3 is 9.47 Å². The normalized spacial score (nSPS) is 16.5. The number of hydrogen-bond donors (Lipinski definition) is 1. The second-order valence-corrected chi connectivity index (χ2v) is 7.46. The quantitative estimate of drug-likeness (QED) is 0.407. The van der Waals surface area contributed by atoms with Crippen LogP contribution in [0, 0.1) is 0 Å². The number of halogens is 1. The molecule has 0 aromatic heterocycles. The molecule has 1 saturated heterocycles. The van der Waals surface area contributed by atoms with E-state index in [1.807, 2.05) is 19.9 Å². The highest BCUT2D eigenvalue weighted by molar-refractivity contribution is 7.80. The van der Waals surface area contributed by atoms with Gasteiger partial charge >= 0.3 is 0 Å². The molecular formula is C22H21ClN2O4S. The standard InChI is InChI=1S/C22H21ClN2O4S/c1-4-13(2)29-19-17(23)11-14(12-18(19)28-3)10-16-20(26)24-22(30)25(21(16)27)15-8-6-5-7-9-15/h5-13H,4H2,1-3H3,(H,24,26,30)/b16-10+/t13-/m0/s1. The molecule has 1 aliphatic rings. The number of thiocarbonyl (C=S) groups is 1. The van der Waals surface area contributed by atoms with Crippen molar-refractivity contribution in [2.75, 3.05) is 12.0 Å². The molecule has 1 atom stereocenters. The van der Waals surface area contributed by atoms with Crippen LogP contribution in [-0.2, 0) is 9.59 Å². The summed E-state index contributed by atoms with van der Waals surface area (Å²) in [6.07, 6.45) is 2.21. The van der Waals surface area contributed by atoms with E-state index in [0.29, 0.717) is 27.8 Å². The van der Waals surface area contributed by atoms with Crippen LogP contribution in [0.5, 0.6) is 11.5 Å². The molecule has 2 amide bonds. The number of ether oxygens (including phenoxy) is 2. The molecule has 0 bridgehead atoms. The van der Waals surface area contributed by atoms with Crippen molar-refractivity contribution in [3.05, 3.63) is 58.6 Å². The highest BCUT2D eigenvalue weighted by Crippen LogP contribution is 2.38. The van der Waals surface area contributed by atoms with Gasteiger partial charge in [-0.1, -0.05) is 36.7 Å². The molecule has 0 radical (unpaired) electrons. The summed E-state index contributed by atoms with van der Waals surface area (Å²) in [6, 6.07) is 12.2. The predicted molar refractivity (Wildman–Crippen MR) is 121 cm³/mol. The summed E-state index contributed by atoms with van der Waals surface area (Å²) in [6.45, 7) is 3.93. The van der Waals surface area contributed by atoms with Crippen molar-refractivity contribution in [3.63, 3.8) is 0 Å². The summed E-state index contributed by atoms with van der Waals surface area (Å²) in [5.41, 5.74) is 1.01. The lowest BCUT2D eigenvalue weighted by Gasteiger charge is -2.28. The maximum absolute atomic E-state index is 13.1. The van der Waals surface area contributed by atoms with Crippen LogP contribution in [0.15, 0.2) is 48.0 Å². The highest BCUT2D eigenvalue weighted by Gasteiger charge is 2.34. The average molecular weight is 445 g/mol. The van der Waals surface area contributed by atoms with E-state index < -0.39 is 11.8 Å². The molecular weight excluding hydrogens is 424 g/mol. The molecule has 2 aromatic rings. The van der Waals surface area contributed by atoms with Crippen LogP contribution < -0.4 is 19.7 Å². The van der Waals surface area contributed by atoms with E-state index in [4.69, 9.17) is 33.3 Å². The van der Waals surface area contributed by atoms with Crippen molar-refractivity contribution in [3.8, 4) is 11.5 Å². The van der Waals surface area contributed by atoms with Gasteiger partial charge in [-0.05, 0) is 61.5 Å². The Morgan fingerprint density at radius 2 is 1.93 bits per heavy atom. The number of carbonyl (C=O) groups is 2. The fraction of sp³-hybridized carbons (Fsp3) is 0.227. The van der Waals surface area contributed by atoms with Crippen LogP contribution in [-0.4, -0.2) is 30.1 Å². The van der Waals surface area contributed by atoms with Crippen molar-refractivity contribution >= 4 is 52.5 Å². The number of hydrogen-bond acceptors (Lipinski definition) is 5. The first kappa shape index (κ1) is 21.8. The molecule has 0 spiro atoms. The summed E-state index contributed by atoms with van der Waals surface area (Å²) < 4.78 is 11.3. The first-order valence-electron chi connectivity index (χ1n) is 9.36. The van der Waals surface area contributed by atoms with Crippen LogP contribution >= 0.6 is 23.8 Å². The second-order valence-electron chi connectivity index (χ2n) is 6.66. The molecule has 1 N–H and O–H groups in total. The van der Waals surface area contributed by atoms with Crippen LogP contribution in [0.3, 0.4) is 0 Å². The van der Waals surface area contributed by atoms with Crippen LogP contribution in [0.4, 0.5) is 5.69 Å². The predicted octanol–water partition coefficient (Wildman–Crippen LogP) is 4.36. The third-order valence-corrected chi connectivity index (χ3v) is 5.14. The van der Waals surface area contributed by atoms with Crippen LogP contribution in [0.1, 0.15) is 25.8 Å². The van der Waals surface area contributed by atoms with Crippen molar-refractivity contribution in [1.29, 1.82) is 0 Å². The number of para-hydroxylation sites is 1. The fourth-order valence-electron chi connectivity index (χ4n) is 2.86. The van der Waals surface area contributed by atoms with Crippen LogP contribution in [0.2, 0.25) is 5.02 Å². The first-order chi connectivity index (χ1) is 14.3. The molecule has 0 unspecified atom stereocenters. The van der Waals surface area contributed by atoms with Crippen molar-refractivity contribution in [2.24, 2.45) is 0 Å². The minimum Gasteiger partial charge on any atom is -0.493 e. The zero-order chi connectivity index (χ0) is 21.8. The topological polar surface area (TPSA) is 67.9 Å². The van der Waals surface area contributed by atoms with E-state index in [-0.39, 0.29) is 16.8 Å². The van der Waals surface area contributed by atoms with E-state index in [2.05, 4.69) is 5.32 Å². The van der Waals surface area contributed by atoms with Gasteiger partial charge in [-0.2, -0.15) is 0 Å². The molecule has 2 aromatic carbocycles. The largest absolute Gasteiger partial charge is 0.493 e. The van der Waals surface area contributed by atoms with Gasteiger partial charge in [-0.25, -0.2) is 0 Å². The molecule has 3 rings (SSSR count). The number of rotatable bonds is 6. The summed E-state index contributed by atoms with van der Waals surface area (Å²) in [4.78, 5) is 26.8. The maximum atomic E-state index is 13.1. The van der Waals surface area contributed by atoms with Crippen LogP contribution in [0.25, 0.3) is 6.08 Å². The Bertz CT molecular complexity index is 1020. The fourth-order valence-corrected chi connectivity index (χ4v) is 3.40. The Kier molecular flexibility index (Phi) is 6.74. The van der Waals surface area contributed by atoms with Gasteiger partial charge in [-0.3, -0.25) is 19.8 Å². The molecule has 156 valence electrons. The number of benzene rings is 2. The molecule has 6 nitrogen and oxygen atoms in total. The SMILES string of the molecule is CC[C@H](C)Oc1c(Cl)cc(/C=C2\C(=O)NC(=S)N(c3ccccc3)C2=O)cc1OC. The Morgan fingerprint density at radius 3 is 2.57 bits per heavy atom.